The van der Waals surface area contributed by atoms with Gasteiger partial charge in [-0.05, 0) is 125 Å². The molecule has 0 saturated carbocycles. The Bertz CT molecular complexity index is 3250. The molecule has 0 saturated heterocycles. The van der Waals surface area contributed by atoms with Crippen molar-refractivity contribution in [3.8, 4) is 55.6 Å². The average molecular weight is 828 g/mol. The first-order valence-corrected chi connectivity index (χ1v) is 22.3. The lowest BCUT2D eigenvalue weighted by molar-refractivity contribution is 1.28. The summed E-state index contributed by atoms with van der Waals surface area (Å²) in [5, 5.41) is 4.96. The molecule has 0 aliphatic carbocycles. The van der Waals surface area contributed by atoms with Gasteiger partial charge in [-0.25, -0.2) is 0 Å². The number of hydrogen-bond donors (Lipinski definition) is 0. The van der Waals surface area contributed by atoms with E-state index in [0.717, 1.165) is 17.1 Å². The number of nitrogens with zero attached hydrogens (tertiary/aromatic N) is 1. The second-order valence-electron chi connectivity index (χ2n) is 16.5. The molecule has 0 aromatic heterocycles. The van der Waals surface area contributed by atoms with Gasteiger partial charge in [-0.1, -0.05) is 237 Å². The molecule has 0 fully saturated rings. The van der Waals surface area contributed by atoms with Crippen LogP contribution in [-0.4, -0.2) is 0 Å². The third-order valence-corrected chi connectivity index (χ3v) is 12.5. The Labute approximate surface area is 381 Å². The number of benzene rings is 11. The highest BCUT2D eigenvalue weighted by molar-refractivity contribution is 6.21. The van der Waals surface area contributed by atoms with Crippen LogP contribution in [0.4, 0.5) is 17.1 Å². The fraction of sp³-hybridized carbons (Fsp3) is 0. The van der Waals surface area contributed by atoms with Gasteiger partial charge in [-0.2, -0.15) is 0 Å². The minimum absolute atomic E-state index is 1.09. The predicted octanol–water partition coefficient (Wildman–Crippen LogP) is 18.0. The first-order chi connectivity index (χ1) is 32.2. The van der Waals surface area contributed by atoms with Crippen LogP contribution < -0.4 is 4.90 Å². The van der Waals surface area contributed by atoms with Crippen molar-refractivity contribution in [2.45, 2.75) is 0 Å². The SMILES string of the molecule is C(=Cc1ccc(-c2c3ccccc3c(-c3ccc(N(c4ccc(-c5ccccc5)cc4)c4ccc(-c5ccccc5)cc4)cc3)c3ccccc23)cc1)c1ccc(-c2ccccc2)cc1. The molecule has 0 amide bonds. The van der Waals surface area contributed by atoms with Gasteiger partial charge >= 0.3 is 0 Å². The number of fused-ring (bicyclic) bond motifs is 2. The first kappa shape index (κ1) is 39.3. The molecule has 0 spiro atoms. The lowest BCUT2D eigenvalue weighted by Crippen LogP contribution is -2.09. The third kappa shape index (κ3) is 8.04. The summed E-state index contributed by atoms with van der Waals surface area (Å²) < 4.78 is 0. The maximum absolute atomic E-state index is 2.35. The van der Waals surface area contributed by atoms with Gasteiger partial charge in [0.1, 0.15) is 0 Å². The van der Waals surface area contributed by atoms with Crippen LogP contribution in [0.15, 0.2) is 261 Å². The summed E-state index contributed by atoms with van der Waals surface area (Å²) in [5.41, 5.74) is 17.8. The molecular weight excluding hydrogens is 783 g/mol. The van der Waals surface area contributed by atoms with E-state index in [0.29, 0.717) is 0 Å². The summed E-state index contributed by atoms with van der Waals surface area (Å²) in [7, 11) is 0. The van der Waals surface area contributed by atoms with Gasteiger partial charge in [0.2, 0.25) is 0 Å². The summed E-state index contributed by atoms with van der Waals surface area (Å²) in [6.07, 6.45) is 4.39. The molecule has 0 bridgehead atoms. The Morgan fingerprint density at radius 2 is 0.431 bits per heavy atom. The molecule has 0 heterocycles. The molecule has 1 nitrogen and oxygen atoms in total. The van der Waals surface area contributed by atoms with Gasteiger partial charge in [0.25, 0.3) is 0 Å². The van der Waals surface area contributed by atoms with E-state index in [2.05, 4.69) is 278 Å². The Balaban J connectivity index is 0.938. The van der Waals surface area contributed by atoms with Gasteiger partial charge < -0.3 is 4.90 Å². The fourth-order valence-corrected chi connectivity index (χ4v) is 9.21. The van der Waals surface area contributed by atoms with E-state index in [9.17, 15) is 0 Å². The van der Waals surface area contributed by atoms with Crippen molar-refractivity contribution in [1.29, 1.82) is 0 Å². The van der Waals surface area contributed by atoms with Crippen molar-refractivity contribution in [3.05, 3.63) is 272 Å². The summed E-state index contributed by atoms with van der Waals surface area (Å²) in [5.74, 6) is 0. The molecule has 306 valence electrons. The van der Waals surface area contributed by atoms with Crippen LogP contribution in [0.25, 0.3) is 89.3 Å². The zero-order valence-electron chi connectivity index (χ0n) is 35.9. The van der Waals surface area contributed by atoms with Gasteiger partial charge in [-0.15, -0.1) is 0 Å². The van der Waals surface area contributed by atoms with E-state index in [-0.39, 0.29) is 0 Å². The largest absolute Gasteiger partial charge is 0.311 e. The minimum Gasteiger partial charge on any atom is -0.311 e. The Morgan fingerprint density at radius 1 is 0.200 bits per heavy atom. The van der Waals surface area contributed by atoms with Gasteiger partial charge in [0.15, 0.2) is 0 Å². The minimum atomic E-state index is 1.09. The number of hydrogen-bond acceptors (Lipinski definition) is 1. The topological polar surface area (TPSA) is 3.24 Å². The lowest BCUT2D eigenvalue weighted by atomic mass is 9.86. The Morgan fingerprint density at radius 3 is 0.738 bits per heavy atom. The molecule has 65 heavy (non-hydrogen) atoms. The monoisotopic (exact) mass is 827 g/mol. The van der Waals surface area contributed by atoms with Crippen LogP contribution >= 0.6 is 0 Å². The van der Waals surface area contributed by atoms with Crippen LogP contribution in [0.1, 0.15) is 11.1 Å². The zero-order chi connectivity index (χ0) is 43.4. The van der Waals surface area contributed by atoms with E-state index in [1.165, 1.54) is 88.3 Å². The van der Waals surface area contributed by atoms with Crippen molar-refractivity contribution in [2.24, 2.45) is 0 Å². The highest BCUT2D eigenvalue weighted by Gasteiger charge is 2.18. The molecule has 0 atom stereocenters. The molecule has 0 N–H and O–H groups in total. The van der Waals surface area contributed by atoms with Crippen molar-refractivity contribution in [3.63, 3.8) is 0 Å². The Kier molecular flexibility index (Phi) is 10.7. The summed E-state index contributed by atoms with van der Waals surface area (Å²) in [6.45, 7) is 0. The fourth-order valence-electron chi connectivity index (χ4n) is 9.21. The van der Waals surface area contributed by atoms with Gasteiger partial charge in [0, 0.05) is 17.1 Å². The van der Waals surface area contributed by atoms with Crippen LogP contribution in [-0.2, 0) is 0 Å². The molecule has 11 aromatic carbocycles. The van der Waals surface area contributed by atoms with Crippen molar-refractivity contribution < 1.29 is 0 Å². The molecule has 0 aliphatic rings. The normalized spacial score (nSPS) is 11.3. The van der Waals surface area contributed by atoms with E-state index < -0.39 is 0 Å². The highest BCUT2D eigenvalue weighted by atomic mass is 15.1. The Hall–Kier alpha value is -8.52. The summed E-state index contributed by atoms with van der Waals surface area (Å²) in [4.78, 5) is 2.35. The van der Waals surface area contributed by atoms with E-state index in [1.807, 2.05) is 0 Å². The van der Waals surface area contributed by atoms with Crippen LogP contribution in [0, 0.1) is 0 Å². The predicted molar refractivity (Wildman–Crippen MR) is 279 cm³/mol. The molecule has 11 rings (SSSR count). The number of rotatable bonds is 10. The molecule has 11 aromatic rings. The van der Waals surface area contributed by atoms with Gasteiger partial charge in [-0.3, -0.25) is 0 Å². The highest BCUT2D eigenvalue weighted by Crippen LogP contribution is 2.45. The zero-order valence-corrected chi connectivity index (χ0v) is 35.9. The van der Waals surface area contributed by atoms with Crippen molar-refractivity contribution in [2.75, 3.05) is 4.90 Å². The second kappa shape index (κ2) is 17.7. The third-order valence-electron chi connectivity index (χ3n) is 12.5. The average Bonchev–Trinajstić information content (AvgIpc) is 3.39. The van der Waals surface area contributed by atoms with Crippen molar-refractivity contribution >= 4 is 50.8 Å². The van der Waals surface area contributed by atoms with Crippen LogP contribution in [0.2, 0.25) is 0 Å². The van der Waals surface area contributed by atoms with E-state index >= 15 is 0 Å². The molecule has 1 heteroatoms. The molecule has 0 radical (unpaired) electrons. The smallest absolute Gasteiger partial charge is 0.0462 e. The second-order valence-corrected chi connectivity index (χ2v) is 16.5. The number of anilines is 3. The summed E-state index contributed by atoms with van der Waals surface area (Å²) in [6, 6.07) is 94.2. The summed E-state index contributed by atoms with van der Waals surface area (Å²) >= 11 is 0. The van der Waals surface area contributed by atoms with E-state index in [4.69, 9.17) is 0 Å². The lowest BCUT2D eigenvalue weighted by Gasteiger charge is -2.26. The standard InChI is InChI=1S/C64H45N/c1-4-14-48(15-5-1)51-30-26-46(27-31-51)24-25-47-28-32-54(33-29-47)63-59-20-10-12-22-61(59)64(62-23-13-11-21-60(62)63)55-38-44-58(45-39-55)65(56-40-34-52(35-41-56)49-16-6-2-7-17-49)57-42-36-53(37-43-57)50-18-8-3-9-19-50/h1-45H. The quantitative estimate of drug-likeness (QED) is 0.0981. The molecule has 0 unspecified atom stereocenters. The van der Waals surface area contributed by atoms with Gasteiger partial charge in [0.05, 0.1) is 0 Å². The van der Waals surface area contributed by atoms with E-state index in [1.54, 1.807) is 0 Å². The molecular formula is C64H45N. The van der Waals surface area contributed by atoms with Crippen LogP contribution in [0.5, 0.6) is 0 Å². The maximum atomic E-state index is 2.35. The first-order valence-electron chi connectivity index (χ1n) is 22.3. The van der Waals surface area contributed by atoms with Crippen molar-refractivity contribution in [1.82, 2.24) is 0 Å². The van der Waals surface area contributed by atoms with Crippen LogP contribution in [0.3, 0.4) is 0 Å². The maximum Gasteiger partial charge on any atom is 0.0462 e. The molecule has 0 aliphatic heterocycles.